The van der Waals surface area contributed by atoms with Crippen LogP contribution in [0, 0.1) is 40.0 Å². The van der Waals surface area contributed by atoms with Crippen LogP contribution in [0.1, 0.15) is 51.1 Å². The molecule has 0 saturated carbocycles. The lowest BCUT2D eigenvalue weighted by molar-refractivity contribution is 0.556. The first-order valence-corrected chi connectivity index (χ1v) is 14.5. The van der Waals surface area contributed by atoms with Crippen molar-refractivity contribution < 1.29 is 0 Å². The summed E-state index contributed by atoms with van der Waals surface area (Å²) in [4.78, 5) is 30.4. The van der Waals surface area contributed by atoms with E-state index in [2.05, 4.69) is 113 Å². The summed E-state index contributed by atoms with van der Waals surface area (Å²) in [7, 11) is 0. The van der Waals surface area contributed by atoms with E-state index in [1.165, 1.54) is 27.1 Å². The van der Waals surface area contributed by atoms with E-state index in [0.29, 0.717) is 43.7 Å². The Labute approximate surface area is 289 Å². The molecule has 0 radical (unpaired) electrons. The Balaban J connectivity index is 0.000000219. The van der Waals surface area contributed by atoms with Gasteiger partial charge in [0.2, 0.25) is 0 Å². The maximum Gasteiger partial charge on any atom is 0.197 e. The van der Waals surface area contributed by atoms with Gasteiger partial charge in [-0.2, -0.15) is 4.80 Å². The average Bonchev–Trinajstić information content (AvgIpc) is 3.85. The van der Waals surface area contributed by atoms with Crippen molar-refractivity contribution in [3.8, 4) is 12.3 Å². The number of nitrogens with zero attached hydrogens (tertiary/aromatic N) is 8. The summed E-state index contributed by atoms with van der Waals surface area (Å²) in [6.45, 7) is 9.25. The third-order valence-electron chi connectivity index (χ3n) is 7.21. The Morgan fingerprint density at radius 2 is 1.27 bits per heavy atom. The molecule has 10 N–H and O–H groups in total. The van der Waals surface area contributed by atoms with E-state index < -0.39 is 0 Å². The maximum absolute atomic E-state index is 5.56. The number of anilines is 2. The van der Waals surface area contributed by atoms with Crippen LogP contribution >= 0.6 is 24.8 Å². The van der Waals surface area contributed by atoms with E-state index in [9.17, 15) is 0 Å². The molecular weight excluding hydrogens is 653 g/mol. The lowest BCUT2D eigenvalue weighted by Crippen LogP contribution is -2.05. The number of imidazole rings is 4. The van der Waals surface area contributed by atoms with Gasteiger partial charge in [0.15, 0.2) is 17.7 Å². The number of halogens is 2. The SMILES string of the molecule is C#CCc1cnc(N)[nH]1.Cc1cc2nc(CN)[nH]c2cc1C.Cc1cc2nc(Cn3nnc(Cc4cnc(N)[nH]4)n3)[nH]c2cc1C.Cl.Cl. The summed E-state index contributed by atoms with van der Waals surface area (Å²) in [5, 5.41) is 12.5. The molecule has 2 aromatic carbocycles. The third kappa shape index (κ3) is 9.32. The van der Waals surface area contributed by atoms with E-state index in [1.807, 2.05) is 0 Å². The van der Waals surface area contributed by atoms with E-state index >= 15 is 0 Å². The quantitative estimate of drug-likeness (QED) is 0.125. The second kappa shape index (κ2) is 16.4. The molecular formula is C31H39Cl2N15. The topological polar surface area (TPSA) is 236 Å². The Hall–Kier alpha value is -5.43. The van der Waals surface area contributed by atoms with Gasteiger partial charge in [0.25, 0.3) is 0 Å². The highest BCUT2D eigenvalue weighted by Crippen LogP contribution is 2.18. The Morgan fingerprint density at radius 3 is 1.79 bits per heavy atom. The number of terminal acetylenes is 1. The van der Waals surface area contributed by atoms with Crippen molar-refractivity contribution in [2.45, 2.75) is 53.6 Å². The predicted molar refractivity (Wildman–Crippen MR) is 192 cm³/mol. The van der Waals surface area contributed by atoms with Gasteiger partial charge in [-0.1, -0.05) is 0 Å². The molecule has 0 atom stereocenters. The molecule has 0 aliphatic heterocycles. The summed E-state index contributed by atoms with van der Waals surface area (Å²) in [5.74, 6) is 5.51. The molecule has 17 heteroatoms. The Morgan fingerprint density at radius 1 is 0.750 bits per heavy atom. The molecule has 0 aliphatic carbocycles. The molecule has 0 amide bonds. The Bertz CT molecular complexity index is 2050. The molecule has 48 heavy (non-hydrogen) atoms. The second-order valence-corrected chi connectivity index (χ2v) is 10.9. The molecule has 7 rings (SSSR count). The highest BCUT2D eigenvalue weighted by molar-refractivity contribution is 5.85. The first-order valence-electron chi connectivity index (χ1n) is 14.5. The standard InChI is InChI=1S/C15H17N9.C10H13N3.C6H7N3.2ClH/c1-8-3-11-12(4-9(8)2)20-14(19-11)7-24-22-13(21-23-24)5-10-6-17-15(16)18-10;1-6-3-8-9(4-7(6)2)13-10(5-11)12-8;1-2-3-5-4-8-6(7)9-5;;/h3-4,6H,5,7H2,1-2H3,(H,19,20)(H3,16,17,18);3-4H,5,11H2,1-2H3,(H,12,13);1,4H,3H2,(H3,7,8,9);2*1H. The molecule has 0 saturated heterocycles. The number of hydrogen-bond donors (Lipinski definition) is 7. The van der Waals surface area contributed by atoms with Gasteiger partial charge in [-0.3, -0.25) is 0 Å². The lowest BCUT2D eigenvalue weighted by Gasteiger charge is -1.97. The molecule has 5 heterocycles. The van der Waals surface area contributed by atoms with Gasteiger partial charge >= 0.3 is 0 Å². The third-order valence-corrected chi connectivity index (χ3v) is 7.21. The summed E-state index contributed by atoms with van der Waals surface area (Å²) in [6.07, 6.45) is 9.39. The van der Waals surface area contributed by atoms with Gasteiger partial charge in [-0.25, -0.2) is 19.9 Å². The number of aromatic nitrogens is 12. The number of nitrogen functional groups attached to an aromatic ring is 2. The number of H-pyrrole nitrogens is 4. The molecule has 252 valence electrons. The van der Waals surface area contributed by atoms with Gasteiger partial charge in [0, 0.05) is 11.4 Å². The summed E-state index contributed by atoms with van der Waals surface area (Å²) >= 11 is 0. The maximum atomic E-state index is 5.56. The van der Waals surface area contributed by atoms with Crippen LogP contribution in [0.2, 0.25) is 0 Å². The average molecular weight is 693 g/mol. The van der Waals surface area contributed by atoms with Crippen molar-refractivity contribution >= 4 is 58.8 Å². The van der Waals surface area contributed by atoms with Crippen molar-refractivity contribution in [3.63, 3.8) is 0 Å². The summed E-state index contributed by atoms with van der Waals surface area (Å²) < 4.78 is 0. The van der Waals surface area contributed by atoms with Gasteiger partial charge < -0.3 is 37.1 Å². The van der Waals surface area contributed by atoms with Gasteiger partial charge in [-0.15, -0.1) is 47.4 Å². The number of tetrazole rings is 1. The predicted octanol–water partition coefficient (Wildman–Crippen LogP) is 3.76. The van der Waals surface area contributed by atoms with Crippen molar-refractivity contribution in [1.82, 2.24) is 60.1 Å². The number of aromatic amines is 4. The van der Waals surface area contributed by atoms with Crippen LogP contribution in [0.25, 0.3) is 22.1 Å². The van der Waals surface area contributed by atoms with E-state index in [4.69, 9.17) is 23.6 Å². The highest BCUT2D eigenvalue weighted by atomic mass is 35.5. The van der Waals surface area contributed by atoms with Crippen LogP contribution in [0.4, 0.5) is 11.9 Å². The van der Waals surface area contributed by atoms with Crippen LogP contribution in [0.3, 0.4) is 0 Å². The highest BCUT2D eigenvalue weighted by Gasteiger charge is 2.10. The number of fused-ring (bicyclic) bond motifs is 2. The van der Waals surface area contributed by atoms with Crippen LogP contribution in [-0.4, -0.2) is 60.1 Å². The number of nitrogens with two attached hydrogens (primary N) is 3. The molecule has 7 aromatic rings. The number of rotatable bonds is 6. The molecule has 5 aromatic heterocycles. The van der Waals surface area contributed by atoms with Gasteiger partial charge in [0.1, 0.15) is 18.2 Å². The van der Waals surface area contributed by atoms with Gasteiger partial charge in [0.05, 0.1) is 53.8 Å². The van der Waals surface area contributed by atoms with Crippen LogP contribution in [-0.2, 0) is 25.9 Å². The monoisotopic (exact) mass is 691 g/mol. The summed E-state index contributed by atoms with van der Waals surface area (Å²) in [5.41, 5.74) is 27.1. The molecule has 0 bridgehead atoms. The molecule has 15 nitrogen and oxygen atoms in total. The number of nitrogens with one attached hydrogen (secondary N) is 4. The normalized spacial score (nSPS) is 10.3. The fourth-order valence-corrected chi connectivity index (χ4v) is 4.58. The zero-order valence-corrected chi connectivity index (χ0v) is 28.6. The largest absolute Gasteiger partial charge is 0.369 e. The van der Waals surface area contributed by atoms with Gasteiger partial charge in [-0.05, 0) is 79.4 Å². The van der Waals surface area contributed by atoms with Crippen molar-refractivity contribution in [3.05, 3.63) is 87.8 Å². The minimum atomic E-state index is 0. The molecule has 0 fully saturated rings. The molecule has 0 spiro atoms. The lowest BCUT2D eigenvalue weighted by atomic mass is 10.1. The Kier molecular flexibility index (Phi) is 12.7. The number of aryl methyl sites for hydroxylation is 4. The summed E-state index contributed by atoms with van der Waals surface area (Å²) in [6, 6.07) is 8.37. The fraction of sp³-hybridized carbons (Fsp3) is 0.258. The van der Waals surface area contributed by atoms with Crippen LogP contribution < -0.4 is 17.2 Å². The van der Waals surface area contributed by atoms with Crippen LogP contribution in [0.5, 0.6) is 0 Å². The molecule has 0 unspecified atom stereocenters. The van der Waals surface area contributed by atoms with Crippen LogP contribution in [0.15, 0.2) is 36.7 Å². The first-order chi connectivity index (χ1) is 22.1. The zero-order chi connectivity index (χ0) is 32.8. The molecule has 0 aliphatic rings. The minimum absolute atomic E-state index is 0. The van der Waals surface area contributed by atoms with Crippen molar-refractivity contribution in [2.24, 2.45) is 5.73 Å². The minimum Gasteiger partial charge on any atom is -0.369 e. The number of hydrogen-bond acceptors (Lipinski definition) is 10. The van der Waals surface area contributed by atoms with E-state index in [1.54, 1.807) is 12.4 Å². The zero-order valence-electron chi connectivity index (χ0n) is 27.0. The van der Waals surface area contributed by atoms with Crippen molar-refractivity contribution in [1.29, 1.82) is 0 Å². The number of benzene rings is 2. The van der Waals surface area contributed by atoms with E-state index in [-0.39, 0.29) is 24.8 Å². The first kappa shape index (κ1) is 37.0. The fourth-order valence-electron chi connectivity index (χ4n) is 4.58. The van der Waals surface area contributed by atoms with E-state index in [0.717, 1.165) is 45.1 Å². The van der Waals surface area contributed by atoms with Crippen molar-refractivity contribution in [2.75, 3.05) is 11.5 Å². The second-order valence-electron chi connectivity index (χ2n) is 10.9. The smallest absolute Gasteiger partial charge is 0.197 e.